The zero-order valence-electron chi connectivity index (χ0n) is 15.7. The van der Waals surface area contributed by atoms with Crippen LogP contribution in [0.2, 0.25) is 0 Å². The van der Waals surface area contributed by atoms with Gasteiger partial charge in [-0.2, -0.15) is 0 Å². The van der Waals surface area contributed by atoms with Crippen molar-refractivity contribution in [2.45, 2.75) is 19.6 Å². The van der Waals surface area contributed by atoms with E-state index in [0.29, 0.717) is 32.3 Å². The molecule has 2 aromatic carbocycles. The van der Waals surface area contributed by atoms with E-state index in [9.17, 15) is 0 Å². The van der Waals surface area contributed by atoms with E-state index in [1.54, 1.807) is 14.2 Å². The van der Waals surface area contributed by atoms with Crippen LogP contribution in [0.1, 0.15) is 17.5 Å². The van der Waals surface area contributed by atoms with Gasteiger partial charge in [0.2, 0.25) is 0 Å². The highest BCUT2D eigenvalue weighted by molar-refractivity contribution is 14.0. The van der Waals surface area contributed by atoms with E-state index < -0.39 is 0 Å². The third-order valence-corrected chi connectivity index (χ3v) is 4.10. The molecule has 2 aromatic rings. The number of anilines is 1. The normalized spacial score (nSPS) is 13.3. The number of rotatable bonds is 5. The van der Waals surface area contributed by atoms with Gasteiger partial charge in [-0.1, -0.05) is 24.3 Å². The van der Waals surface area contributed by atoms with E-state index in [1.165, 1.54) is 5.56 Å². The number of fused-ring (bicyclic) bond motifs is 1. The van der Waals surface area contributed by atoms with Gasteiger partial charge in [0, 0.05) is 38.9 Å². The van der Waals surface area contributed by atoms with Crippen LogP contribution in [0.25, 0.3) is 0 Å². The minimum Gasteiger partial charge on any atom is -0.490 e. The summed E-state index contributed by atoms with van der Waals surface area (Å²) < 4.78 is 16.7. The first-order valence-corrected chi connectivity index (χ1v) is 8.73. The molecule has 0 aliphatic carbocycles. The number of methoxy groups -OCH3 is 1. The molecule has 0 radical (unpaired) electrons. The molecular formula is C20H26IN3O3. The summed E-state index contributed by atoms with van der Waals surface area (Å²) in [4.78, 5) is 4.30. The smallest absolute Gasteiger partial charge is 0.195 e. The summed E-state index contributed by atoms with van der Waals surface area (Å²) in [5.74, 6) is 2.23. The van der Waals surface area contributed by atoms with Crippen LogP contribution in [0.15, 0.2) is 47.5 Å². The highest BCUT2D eigenvalue weighted by Crippen LogP contribution is 2.32. The Morgan fingerprint density at radius 3 is 2.56 bits per heavy atom. The Morgan fingerprint density at radius 1 is 1.07 bits per heavy atom. The lowest BCUT2D eigenvalue weighted by Gasteiger charge is -2.15. The first-order chi connectivity index (χ1) is 12.8. The first kappa shape index (κ1) is 21.3. The van der Waals surface area contributed by atoms with Crippen molar-refractivity contribution in [2.75, 3.05) is 32.7 Å². The first-order valence-electron chi connectivity index (χ1n) is 8.73. The van der Waals surface area contributed by atoms with Gasteiger partial charge >= 0.3 is 0 Å². The summed E-state index contributed by atoms with van der Waals surface area (Å²) in [5, 5.41) is 6.63. The van der Waals surface area contributed by atoms with Crippen LogP contribution >= 0.6 is 24.0 Å². The molecule has 146 valence electrons. The minimum absolute atomic E-state index is 0. The highest BCUT2D eigenvalue weighted by atomic mass is 127. The van der Waals surface area contributed by atoms with Crippen molar-refractivity contribution in [3.05, 3.63) is 53.6 Å². The summed E-state index contributed by atoms with van der Waals surface area (Å²) in [6.45, 7) is 2.60. The van der Waals surface area contributed by atoms with E-state index >= 15 is 0 Å². The summed E-state index contributed by atoms with van der Waals surface area (Å²) in [6, 6.07) is 14.0. The Bertz CT molecular complexity index is 768. The lowest BCUT2D eigenvalue weighted by Crippen LogP contribution is -2.30. The summed E-state index contributed by atoms with van der Waals surface area (Å²) in [5.41, 5.74) is 3.23. The Morgan fingerprint density at radius 2 is 1.81 bits per heavy atom. The molecular weight excluding hydrogens is 457 g/mol. The van der Waals surface area contributed by atoms with Crippen molar-refractivity contribution in [3.63, 3.8) is 0 Å². The molecule has 1 aliphatic heterocycles. The Balaban J connectivity index is 0.00000261. The van der Waals surface area contributed by atoms with Gasteiger partial charge in [0.25, 0.3) is 0 Å². The van der Waals surface area contributed by atoms with Crippen molar-refractivity contribution in [2.24, 2.45) is 4.99 Å². The van der Waals surface area contributed by atoms with Crippen molar-refractivity contribution < 1.29 is 14.2 Å². The number of ether oxygens (including phenoxy) is 3. The van der Waals surface area contributed by atoms with Crippen LogP contribution in [-0.2, 0) is 17.9 Å². The topological polar surface area (TPSA) is 64.1 Å². The SMILES string of the molecule is CN=C(NCc1ccccc1COC)Nc1ccc2c(c1)OCCCO2.I. The molecule has 0 saturated carbocycles. The third kappa shape index (κ3) is 6.00. The number of guanidine groups is 1. The van der Waals surface area contributed by atoms with Crippen LogP contribution in [-0.4, -0.2) is 33.3 Å². The predicted octanol–water partition coefficient (Wildman–Crippen LogP) is 3.80. The van der Waals surface area contributed by atoms with E-state index in [2.05, 4.69) is 27.8 Å². The van der Waals surface area contributed by atoms with Gasteiger partial charge in [0.15, 0.2) is 17.5 Å². The maximum absolute atomic E-state index is 5.74. The second-order valence-electron chi connectivity index (χ2n) is 5.96. The Hall–Kier alpha value is -2.00. The molecule has 0 unspecified atom stereocenters. The van der Waals surface area contributed by atoms with E-state index in [0.717, 1.165) is 29.2 Å². The molecule has 1 aliphatic rings. The zero-order valence-corrected chi connectivity index (χ0v) is 18.0. The number of benzene rings is 2. The van der Waals surface area contributed by atoms with Crippen LogP contribution < -0.4 is 20.1 Å². The highest BCUT2D eigenvalue weighted by Gasteiger charge is 2.11. The van der Waals surface area contributed by atoms with Gasteiger partial charge in [-0.3, -0.25) is 4.99 Å². The monoisotopic (exact) mass is 483 g/mol. The molecule has 1 heterocycles. The molecule has 27 heavy (non-hydrogen) atoms. The number of hydrogen-bond donors (Lipinski definition) is 2. The maximum Gasteiger partial charge on any atom is 0.195 e. The lowest BCUT2D eigenvalue weighted by atomic mass is 10.1. The van der Waals surface area contributed by atoms with Gasteiger partial charge in [0.1, 0.15) is 0 Å². The largest absolute Gasteiger partial charge is 0.490 e. The van der Waals surface area contributed by atoms with Gasteiger partial charge in [-0.15, -0.1) is 24.0 Å². The summed E-state index contributed by atoms with van der Waals surface area (Å²) in [7, 11) is 3.45. The fraction of sp³-hybridized carbons (Fsp3) is 0.350. The number of hydrogen-bond acceptors (Lipinski definition) is 4. The molecule has 0 bridgehead atoms. The molecule has 0 amide bonds. The van der Waals surface area contributed by atoms with Crippen LogP contribution in [0, 0.1) is 0 Å². The fourth-order valence-corrected chi connectivity index (χ4v) is 2.76. The second kappa shape index (κ2) is 11.0. The maximum atomic E-state index is 5.74. The summed E-state index contributed by atoms with van der Waals surface area (Å²) >= 11 is 0. The fourth-order valence-electron chi connectivity index (χ4n) is 2.76. The van der Waals surface area contributed by atoms with Crippen molar-refractivity contribution in [1.29, 1.82) is 0 Å². The predicted molar refractivity (Wildman–Crippen MR) is 118 cm³/mol. The minimum atomic E-state index is 0. The number of aliphatic imine (C=N–C) groups is 1. The zero-order chi connectivity index (χ0) is 18.2. The molecule has 2 N–H and O–H groups in total. The van der Waals surface area contributed by atoms with Crippen LogP contribution in [0.3, 0.4) is 0 Å². The average Bonchev–Trinajstić information content (AvgIpc) is 2.91. The third-order valence-electron chi connectivity index (χ3n) is 4.10. The van der Waals surface area contributed by atoms with E-state index in [4.69, 9.17) is 14.2 Å². The van der Waals surface area contributed by atoms with Crippen LogP contribution in [0.4, 0.5) is 5.69 Å². The van der Waals surface area contributed by atoms with Crippen molar-refractivity contribution in [3.8, 4) is 11.5 Å². The quantitative estimate of drug-likeness (QED) is 0.385. The van der Waals surface area contributed by atoms with Gasteiger partial charge in [-0.25, -0.2) is 0 Å². The van der Waals surface area contributed by atoms with Crippen molar-refractivity contribution in [1.82, 2.24) is 5.32 Å². The Labute approximate surface area is 177 Å². The van der Waals surface area contributed by atoms with Gasteiger partial charge in [-0.05, 0) is 23.3 Å². The lowest BCUT2D eigenvalue weighted by molar-refractivity contribution is 0.184. The second-order valence-corrected chi connectivity index (χ2v) is 5.96. The number of nitrogens with one attached hydrogen (secondary N) is 2. The molecule has 0 fully saturated rings. The molecule has 3 rings (SSSR count). The average molecular weight is 483 g/mol. The number of nitrogens with zero attached hydrogens (tertiary/aromatic N) is 1. The van der Waals surface area contributed by atoms with Crippen LogP contribution in [0.5, 0.6) is 11.5 Å². The molecule has 0 aromatic heterocycles. The molecule has 0 atom stereocenters. The molecule has 0 saturated heterocycles. The Kier molecular flexibility index (Phi) is 8.66. The standard InChI is InChI=1S/C20H25N3O3.HI/c1-21-20(22-13-15-6-3-4-7-16(15)14-24-2)23-17-8-9-18-19(12-17)26-11-5-10-25-18;/h3-4,6-9,12H,5,10-11,13-14H2,1-2H3,(H2,21,22,23);1H. The van der Waals surface area contributed by atoms with E-state index in [-0.39, 0.29) is 24.0 Å². The molecule has 7 heteroatoms. The van der Waals surface area contributed by atoms with Crippen molar-refractivity contribution >= 4 is 35.6 Å². The molecule has 0 spiro atoms. The van der Waals surface area contributed by atoms with Gasteiger partial charge in [0.05, 0.1) is 19.8 Å². The van der Waals surface area contributed by atoms with Gasteiger partial charge < -0.3 is 24.8 Å². The summed E-state index contributed by atoms with van der Waals surface area (Å²) in [6.07, 6.45) is 0.890. The molecule has 6 nitrogen and oxygen atoms in total. The van der Waals surface area contributed by atoms with E-state index in [1.807, 2.05) is 30.3 Å². The number of halogens is 1.